The number of rotatable bonds is 5. The van der Waals surface area contributed by atoms with E-state index in [1.54, 1.807) is 0 Å². The van der Waals surface area contributed by atoms with Gasteiger partial charge < -0.3 is 9.09 Å². The zero-order chi connectivity index (χ0) is 27.2. The Hall–Kier alpha value is -2.33. The zero-order valence-corrected chi connectivity index (χ0v) is 26.8. The van der Waals surface area contributed by atoms with Gasteiger partial charge in [0.25, 0.3) is 0 Å². The quantitative estimate of drug-likeness (QED) is 0.174. The van der Waals surface area contributed by atoms with Crippen molar-refractivity contribution >= 4 is 71.9 Å². The maximum absolute atomic E-state index is 7.19. The van der Waals surface area contributed by atoms with E-state index >= 15 is 0 Å². The van der Waals surface area contributed by atoms with E-state index in [2.05, 4.69) is 139 Å². The van der Waals surface area contributed by atoms with E-state index in [-0.39, 0.29) is 5.16 Å². The summed E-state index contributed by atoms with van der Waals surface area (Å²) in [7, 11) is -2.67. The van der Waals surface area contributed by atoms with Gasteiger partial charge in [0.1, 0.15) is 5.75 Å². The first-order chi connectivity index (χ1) is 18.0. The average Bonchev–Trinajstić information content (AvgIpc) is 3.19. The van der Waals surface area contributed by atoms with Crippen molar-refractivity contribution in [2.45, 2.75) is 53.2 Å². The lowest BCUT2D eigenvalue weighted by atomic mass is 10.1. The van der Waals surface area contributed by atoms with Crippen LogP contribution in [-0.4, -0.2) is 9.72 Å². The predicted octanol–water partition coefficient (Wildman–Crippen LogP) is 10.9. The van der Waals surface area contributed by atoms with Crippen molar-refractivity contribution in [2.75, 3.05) is 0 Å². The Morgan fingerprint density at radius 1 is 0.842 bits per heavy atom. The smallest absolute Gasteiger partial charge is 0.173 e. The summed E-state index contributed by atoms with van der Waals surface area (Å²) in [5.74, 6) is 0.793. The third-order valence-electron chi connectivity index (χ3n) is 7.06. The number of hydrogen-bond acceptors (Lipinski definition) is 2. The van der Waals surface area contributed by atoms with Crippen LogP contribution in [0.25, 0.3) is 21.8 Å². The summed E-state index contributed by atoms with van der Waals surface area (Å²) in [5.41, 5.74) is 5.85. The highest BCUT2D eigenvalue weighted by molar-refractivity contribution is 9.11. The molecule has 0 aliphatic rings. The molecule has 0 unspecified atom stereocenters. The van der Waals surface area contributed by atoms with E-state index in [4.69, 9.17) is 9.27 Å². The average molecular weight is 652 g/mol. The maximum atomic E-state index is 7.19. The maximum Gasteiger partial charge on any atom is 0.173 e. The molecule has 5 rings (SSSR count). The minimum absolute atomic E-state index is 0.284. The highest BCUT2D eigenvalue weighted by Gasteiger charge is 2.40. The van der Waals surface area contributed by atoms with Crippen molar-refractivity contribution in [3.8, 4) is 5.75 Å². The number of fused-ring (bicyclic) bond motifs is 3. The monoisotopic (exact) mass is 650 g/mol. The van der Waals surface area contributed by atoms with Gasteiger partial charge in [-0.1, -0.05) is 72.6 Å². The molecule has 38 heavy (non-hydrogen) atoms. The zero-order valence-electron chi connectivity index (χ0n) is 22.7. The van der Waals surface area contributed by atoms with Crippen LogP contribution in [0.15, 0.2) is 92.6 Å². The molecule has 0 amide bonds. The van der Waals surface area contributed by atoms with Crippen molar-refractivity contribution in [1.82, 2.24) is 4.57 Å². The minimum atomic E-state index is -2.67. The molecule has 1 heterocycles. The normalized spacial score (nSPS) is 13.6. The van der Waals surface area contributed by atoms with E-state index in [9.17, 15) is 0 Å². The van der Waals surface area contributed by atoms with E-state index < -0.39 is 7.28 Å². The molecule has 1 atom stereocenters. The molecule has 0 aliphatic heterocycles. The Bertz CT molecular complexity index is 1730. The van der Waals surface area contributed by atoms with Gasteiger partial charge in [0.05, 0.1) is 10.2 Å². The summed E-state index contributed by atoms with van der Waals surface area (Å²) < 4.78 is 17.1. The molecule has 3 nitrogen and oxygen atoms in total. The van der Waals surface area contributed by atoms with Gasteiger partial charge in [-0.05, 0) is 90.8 Å². The fraction of sp³-hybridized carbons (Fsp3) is 0.250. The molecule has 6 heteroatoms. The lowest BCUT2D eigenvalue weighted by molar-refractivity contribution is 0.568. The van der Waals surface area contributed by atoms with Gasteiger partial charge in [-0.15, -0.1) is 0 Å². The lowest BCUT2D eigenvalue weighted by Crippen LogP contribution is -2.27. The van der Waals surface area contributed by atoms with E-state index in [1.807, 2.05) is 18.2 Å². The SMILES string of the molecule is CCn1c2ccccc2c2cc([P@@](=Nc3ccc(C)cc3C)(Oc3ccc(Br)cc3Br)C(C)(C)C)ccc21. The number of para-hydroxylation sites is 1. The summed E-state index contributed by atoms with van der Waals surface area (Å²) in [6.45, 7) is 14.1. The number of aryl methyl sites for hydroxylation is 3. The summed E-state index contributed by atoms with van der Waals surface area (Å²) in [4.78, 5) is 0. The van der Waals surface area contributed by atoms with E-state index in [0.717, 1.165) is 37.8 Å². The van der Waals surface area contributed by atoms with Gasteiger partial charge in [0.15, 0.2) is 7.28 Å². The molecule has 0 fully saturated rings. The van der Waals surface area contributed by atoms with Crippen molar-refractivity contribution in [2.24, 2.45) is 4.74 Å². The molecule has 1 aromatic heterocycles. The molecule has 0 spiro atoms. The third kappa shape index (κ3) is 4.78. The number of benzene rings is 4. The van der Waals surface area contributed by atoms with Crippen LogP contribution >= 0.6 is 39.1 Å². The number of halogens is 2. The standard InChI is InChI=1S/C32H33Br2N2OP/c1-7-36-29-11-9-8-10-25(29)26-20-24(14-16-30(26)36)38(32(4,5)6,35-28-15-12-21(2)18-22(28)3)37-31-17-13-23(33)19-27(31)34/h8-20H,7H2,1-6H3/t38-/m1/s1. The second kappa shape index (κ2) is 10.3. The third-order valence-corrected chi connectivity index (χ3v) is 11.9. The van der Waals surface area contributed by atoms with Gasteiger partial charge in [-0.2, -0.15) is 0 Å². The first kappa shape index (κ1) is 27.2. The number of aromatic nitrogens is 1. The van der Waals surface area contributed by atoms with Crippen molar-refractivity contribution in [3.63, 3.8) is 0 Å². The minimum Gasteiger partial charge on any atom is -0.454 e. The molecule has 5 aromatic rings. The van der Waals surface area contributed by atoms with Crippen LogP contribution in [0.1, 0.15) is 38.8 Å². The molecule has 4 aromatic carbocycles. The Morgan fingerprint density at radius 2 is 1.58 bits per heavy atom. The van der Waals surface area contributed by atoms with Crippen LogP contribution in [0.3, 0.4) is 0 Å². The van der Waals surface area contributed by atoms with Gasteiger partial charge in [-0.25, -0.2) is 4.74 Å². The molecular weight excluding hydrogens is 619 g/mol. The molecular formula is C32H33Br2N2OP. The first-order valence-electron chi connectivity index (χ1n) is 12.9. The second-order valence-electron chi connectivity index (χ2n) is 10.8. The van der Waals surface area contributed by atoms with Gasteiger partial charge in [0, 0.05) is 43.3 Å². The molecule has 0 aliphatic carbocycles. The Kier molecular flexibility index (Phi) is 7.41. The summed E-state index contributed by atoms with van der Waals surface area (Å²) >= 11 is 7.34. The second-order valence-corrected chi connectivity index (χ2v) is 15.9. The van der Waals surface area contributed by atoms with E-state index in [1.165, 1.54) is 27.4 Å². The van der Waals surface area contributed by atoms with Crippen LogP contribution in [0, 0.1) is 13.8 Å². The Morgan fingerprint density at radius 3 is 2.26 bits per heavy atom. The van der Waals surface area contributed by atoms with Crippen LogP contribution in [0.5, 0.6) is 5.75 Å². The topological polar surface area (TPSA) is 26.5 Å². The van der Waals surface area contributed by atoms with Crippen molar-refractivity contribution in [1.29, 1.82) is 0 Å². The number of hydrogen-bond donors (Lipinski definition) is 0. The molecule has 0 saturated heterocycles. The largest absolute Gasteiger partial charge is 0.454 e. The summed E-state index contributed by atoms with van der Waals surface area (Å²) in [5, 5.41) is 3.34. The lowest BCUT2D eigenvalue weighted by Gasteiger charge is -2.37. The molecule has 0 saturated carbocycles. The number of nitrogens with zero attached hydrogens (tertiary/aromatic N) is 2. The van der Waals surface area contributed by atoms with Crippen LogP contribution in [-0.2, 0) is 6.54 Å². The Balaban J connectivity index is 1.87. The fourth-order valence-electron chi connectivity index (χ4n) is 5.14. The van der Waals surface area contributed by atoms with Crippen molar-refractivity contribution < 1.29 is 4.52 Å². The first-order valence-corrected chi connectivity index (χ1v) is 16.1. The molecule has 196 valence electrons. The predicted molar refractivity (Wildman–Crippen MR) is 172 cm³/mol. The summed E-state index contributed by atoms with van der Waals surface area (Å²) in [6.07, 6.45) is 0. The van der Waals surface area contributed by atoms with E-state index in [0.29, 0.717) is 0 Å². The summed E-state index contributed by atoms with van der Waals surface area (Å²) in [6, 6.07) is 28.0. The van der Waals surface area contributed by atoms with Crippen molar-refractivity contribution in [3.05, 3.63) is 98.9 Å². The van der Waals surface area contributed by atoms with Crippen LogP contribution < -0.4 is 9.83 Å². The molecule has 0 bridgehead atoms. The van der Waals surface area contributed by atoms with Gasteiger partial charge in [-0.3, -0.25) is 0 Å². The van der Waals surface area contributed by atoms with Crippen LogP contribution in [0.4, 0.5) is 5.69 Å². The fourth-order valence-corrected chi connectivity index (χ4v) is 9.55. The highest BCUT2D eigenvalue weighted by atomic mass is 79.9. The highest BCUT2D eigenvalue weighted by Crippen LogP contribution is 2.63. The molecule has 0 N–H and O–H groups in total. The van der Waals surface area contributed by atoms with Crippen LogP contribution in [0.2, 0.25) is 0 Å². The van der Waals surface area contributed by atoms with Gasteiger partial charge >= 0.3 is 0 Å². The Labute approximate surface area is 242 Å². The van der Waals surface area contributed by atoms with Gasteiger partial charge in [0.2, 0.25) is 0 Å². The molecule has 0 radical (unpaired) electrons.